The number of ether oxygens (including phenoxy) is 2. The van der Waals surface area contributed by atoms with Crippen molar-refractivity contribution < 1.29 is 19.1 Å². The normalized spacial score (nSPS) is 13.1. The molecule has 0 fully saturated rings. The summed E-state index contributed by atoms with van der Waals surface area (Å²) in [6.45, 7) is -0.230. The van der Waals surface area contributed by atoms with Gasteiger partial charge in [-0.15, -0.1) is 0 Å². The monoisotopic (exact) mass is 346 g/mol. The van der Waals surface area contributed by atoms with Crippen LogP contribution in [-0.2, 0) is 9.59 Å². The van der Waals surface area contributed by atoms with E-state index in [1.807, 2.05) is 0 Å². The zero-order chi connectivity index (χ0) is 17.1. The van der Waals surface area contributed by atoms with Gasteiger partial charge < -0.3 is 14.8 Å². The number of carbonyl (C=O) groups excluding carboxylic acids is 2. The summed E-state index contributed by atoms with van der Waals surface area (Å²) in [6.07, 6.45) is 0. The fraction of sp³-hybridized carbons (Fsp3) is 0.176. The molecule has 3 rings (SSSR count). The summed E-state index contributed by atoms with van der Waals surface area (Å²) in [4.78, 5) is 25.7. The minimum atomic E-state index is -0.318. The van der Waals surface area contributed by atoms with E-state index in [0.29, 0.717) is 27.9 Å². The molecular weight excluding hydrogens is 332 g/mol. The van der Waals surface area contributed by atoms with Gasteiger partial charge in [0.2, 0.25) is 5.91 Å². The van der Waals surface area contributed by atoms with Crippen molar-refractivity contribution in [2.75, 3.05) is 30.5 Å². The molecule has 124 valence electrons. The first kappa shape index (κ1) is 16.1. The lowest BCUT2D eigenvalue weighted by Gasteiger charge is -2.29. The molecule has 0 aliphatic carbocycles. The number of nitrogens with one attached hydrogen (secondary N) is 1. The van der Waals surface area contributed by atoms with Crippen molar-refractivity contribution >= 4 is 34.8 Å². The van der Waals surface area contributed by atoms with E-state index < -0.39 is 0 Å². The summed E-state index contributed by atoms with van der Waals surface area (Å²) in [7, 11) is 1.57. The Labute approximate surface area is 143 Å². The average Bonchev–Trinajstić information content (AvgIpc) is 2.58. The smallest absolute Gasteiger partial charge is 0.265 e. The molecule has 0 atom stereocenters. The third kappa shape index (κ3) is 3.44. The second kappa shape index (κ2) is 6.80. The molecule has 1 N–H and O–H groups in total. The molecule has 1 aliphatic heterocycles. The van der Waals surface area contributed by atoms with Crippen LogP contribution in [0.3, 0.4) is 0 Å². The number of methoxy groups -OCH3 is 1. The van der Waals surface area contributed by atoms with E-state index in [4.69, 9.17) is 21.1 Å². The van der Waals surface area contributed by atoms with Crippen molar-refractivity contribution in [1.29, 1.82) is 0 Å². The lowest BCUT2D eigenvalue weighted by molar-refractivity contribution is -0.123. The number of carbonyl (C=O) groups is 2. The third-order valence-electron chi connectivity index (χ3n) is 3.54. The summed E-state index contributed by atoms with van der Waals surface area (Å²) >= 11 is 5.98. The molecule has 0 saturated carbocycles. The van der Waals surface area contributed by atoms with Gasteiger partial charge in [-0.1, -0.05) is 11.6 Å². The second-order valence-electron chi connectivity index (χ2n) is 5.16. The molecular formula is C17H15ClN2O4. The standard InChI is InChI=1S/C17H15ClN2O4/c1-23-13-5-3-12(4-6-13)19-16(21)9-20-14-8-11(18)2-7-15(14)24-10-17(20)22/h2-8H,9-10H2,1H3,(H,19,21). The predicted octanol–water partition coefficient (Wildman–Crippen LogP) is 2.71. The highest BCUT2D eigenvalue weighted by Crippen LogP contribution is 2.34. The number of nitrogens with zero attached hydrogens (tertiary/aromatic N) is 1. The fourth-order valence-corrected chi connectivity index (χ4v) is 2.53. The Hall–Kier alpha value is -2.73. The molecule has 7 heteroatoms. The van der Waals surface area contributed by atoms with Crippen LogP contribution in [0.25, 0.3) is 0 Å². The molecule has 0 saturated heterocycles. The van der Waals surface area contributed by atoms with Crippen molar-refractivity contribution in [3.05, 3.63) is 47.5 Å². The maximum atomic E-state index is 12.3. The fourth-order valence-electron chi connectivity index (χ4n) is 2.37. The zero-order valence-electron chi connectivity index (χ0n) is 12.9. The van der Waals surface area contributed by atoms with E-state index in [0.717, 1.165) is 0 Å². The maximum absolute atomic E-state index is 12.3. The van der Waals surface area contributed by atoms with Crippen LogP contribution >= 0.6 is 11.6 Å². The van der Waals surface area contributed by atoms with Crippen LogP contribution in [0.2, 0.25) is 5.02 Å². The Morgan fingerprint density at radius 1 is 1.29 bits per heavy atom. The average molecular weight is 347 g/mol. The first-order chi connectivity index (χ1) is 11.6. The molecule has 1 heterocycles. The lowest BCUT2D eigenvalue weighted by Crippen LogP contribution is -2.43. The second-order valence-corrected chi connectivity index (χ2v) is 5.59. The number of anilines is 2. The van der Waals surface area contributed by atoms with Gasteiger partial charge in [-0.05, 0) is 42.5 Å². The first-order valence-electron chi connectivity index (χ1n) is 7.23. The molecule has 1 aliphatic rings. The summed E-state index contributed by atoms with van der Waals surface area (Å²) in [5, 5.41) is 3.21. The molecule has 0 radical (unpaired) electrons. The van der Waals surface area contributed by atoms with Crippen LogP contribution in [0.4, 0.5) is 11.4 Å². The van der Waals surface area contributed by atoms with Crippen LogP contribution < -0.4 is 19.7 Å². The molecule has 0 bridgehead atoms. The van der Waals surface area contributed by atoms with Crippen molar-refractivity contribution in [1.82, 2.24) is 0 Å². The van der Waals surface area contributed by atoms with E-state index in [-0.39, 0.29) is 25.0 Å². The van der Waals surface area contributed by atoms with Crippen molar-refractivity contribution in [3.8, 4) is 11.5 Å². The highest BCUT2D eigenvalue weighted by molar-refractivity contribution is 6.31. The Bertz CT molecular complexity index is 777. The van der Waals surface area contributed by atoms with Gasteiger partial charge in [-0.25, -0.2) is 0 Å². The van der Waals surface area contributed by atoms with Crippen LogP contribution in [0.5, 0.6) is 11.5 Å². The van der Waals surface area contributed by atoms with Gasteiger partial charge in [0.05, 0.1) is 12.8 Å². The van der Waals surface area contributed by atoms with E-state index in [9.17, 15) is 9.59 Å². The van der Waals surface area contributed by atoms with Gasteiger partial charge in [0.25, 0.3) is 5.91 Å². The molecule has 0 aromatic heterocycles. The summed E-state index contributed by atoms with van der Waals surface area (Å²) < 4.78 is 10.4. The number of rotatable bonds is 4. The Balaban J connectivity index is 1.74. The largest absolute Gasteiger partial charge is 0.497 e. The quantitative estimate of drug-likeness (QED) is 0.924. The van der Waals surface area contributed by atoms with Gasteiger partial charge in [-0.2, -0.15) is 0 Å². The molecule has 2 aromatic rings. The Morgan fingerprint density at radius 3 is 2.75 bits per heavy atom. The van der Waals surface area contributed by atoms with Gasteiger partial charge >= 0.3 is 0 Å². The number of hydrogen-bond donors (Lipinski definition) is 1. The van der Waals surface area contributed by atoms with E-state index >= 15 is 0 Å². The highest BCUT2D eigenvalue weighted by Gasteiger charge is 2.27. The van der Waals surface area contributed by atoms with E-state index in [1.165, 1.54) is 4.90 Å². The number of fused-ring (bicyclic) bond motifs is 1. The van der Waals surface area contributed by atoms with Crippen LogP contribution in [0.15, 0.2) is 42.5 Å². The van der Waals surface area contributed by atoms with Crippen LogP contribution in [0.1, 0.15) is 0 Å². The zero-order valence-corrected chi connectivity index (χ0v) is 13.7. The van der Waals surface area contributed by atoms with Crippen LogP contribution in [-0.4, -0.2) is 32.1 Å². The lowest BCUT2D eigenvalue weighted by atomic mass is 10.2. The number of amides is 2. The number of hydrogen-bond acceptors (Lipinski definition) is 4. The summed E-state index contributed by atoms with van der Waals surface area (Å²) in [6, 6.07) is 11.9. The summed E-state index contributed by atoms with van der Waals surface area (Å²) in [5.41, 5.74) is 1.11. The molecule has 6 nitrogen and oxygen atoms in total. The van der Waals surface area contributed by atoms with Gasteiger partial charge in [-0.3, -0.25) is 14.5 Å². The molecule has 2 aromatic carbocycles. The van der Waals surface area contributed by atoms with Crippen LogP contribution in [0, 0.1) is 0 Å². The molecule has 2 amide bonds. The van der Waals surface area contributed by atoms with E-state index in [1.54, 1.807) is 49.6 Å². The maximum Gasteiger partial charge on any atom is 0.265 e. The topological polar surface area (TPSA) is 67.9 Å². The first-order valence-corrected chi connectivity index (χ1v) is 7.61. The minimum absolute atomic E-state index is 0.107. The summed E-state index contributed by atoms with van der Waals surface area (Å²) in [5.74, 6) is 0.604. The van der Waals surface area contributed by atoms with Crippen molar-refractivity contribution in [2.24, 2.45) is 0 Å². The molecule has 0 spiro atoms. The SMILES string of the molecule is COc1ccc(NC(=O)CN2C(=O)COc3ccc(Cl)cc32)cc1. The third-order valence-corrected chi connectivity index (χ3v) is 3.77. The number of benzene rings is 2. The van der Waals surface area contributed by atoms with E-state index in [2.05, 4.69) is 5.32 Å². The highest BCUT2D eigenvalue weighted by atomic mass is 35.5. The van der Waals surface area contributed by atoms with Gasteiger partial charge in [0.15, 0.2) is 6.61 Å². The number of halogens is 1. The molecule has 24 heavy (non-hydrogen) atoms. The Kier molecular flexibility index (Phi) is 4.57. The predicted molar refractivity (Wildman–Crippen MR) is 90.9 cm³/mol. The Morgan fingerprint density at radius 2 is 2.04 bits per heavy atom. The van der Waals surface area contributed by atoms with Gasteiger partial charge in [0.1, 0.15) is 18.0 Å². The molecule has 0 unspecified atom stereocenters. The van der Waals surface area contributed by atoms with Crippen molar-refractivity contribution in [3.63, 3.8) is 0 Å². The minimum Gasteiger partial charge on any atom is -0.497 e. The van der Waals surface area contributed by atoms with Gasteiger partial charge in [0, 0.05) is 10.7 Å². The van der Waals surface area contributed by atoms with Crippen molar-refractivity contribution in [2.45, 2.75) is 0 Å².